The zero-order chi connectivity index (χ0) is 13.2. The summed E-state index contributed by atoms with van der Waals surface area (Å²) in [6, 6.07) is 10.1. The minimum absolute atomic E-state index is 0.657. The molecule has 0 fully saturated rings. The normalized spacial score (nSPS) is 10.8. The predicted molar refractivity (Wildman–Crippen MR) is 81.0 cm³/mol. The topological polar surface area (TPSA) is 33.6 Å². The van der Waals surface area contributed by atoms with E-state index in [1.807, 2.05) is 34.9 Å². The third kappa shape index (κ3) is 2.39. The number of benzene rings is 1. The van der Waals surface area contributed by atoms with Crippen molar-refractivity contribution in [3.05, 3.63) is 57.0 Å². The van der Waals surface area contributed by atoms with E-state index in [9.17, 15) is 0 Å². The fraction of sp³-hybridized carbons (Fsp3) is 0.143. The van der Waals surface area contributed by atoms with Gasteiger partial charge >= 0.3 is 0 Å². The highest BCUT2D eigenvalue weighted by Gasteiger charge is 2.10. The van der Waals surface area contributed by atoms with Crippen molar-refractivity contribution in [1.82, 2.24) is 14.8 Å². The van der Waals surface area contributed by atoms with Gasteiger partial charge in [-0.1, -0.05) is 30.3 Å². The number of aromatic nitrogens is 3. The molecule has 0 aliphatic carbocycles. The molecule has 0 spiro atoms. The van der Waals surface area contributed by atoms with Crippen LogP contribution in [-0.4, -0.2) is 14.8 Å². The lowest BCUT2D eigenvalue weighted by Crippen LogP contribution is -2.02. The van der Waals surface area contributed by atoms with Crippen LogP contribution in [0.2, 0.25) is 0 Å². The summed E-state index contributed by atoms with van der Waals surface area (Å²) in [5.41, 5.74) is 3.66. The fourth-order valence-electron chi connectivity index (χ4n) is 1.99. The number of aryl methyl sites for hydroxylation is 1. The first-order valence-corrected chi connectivity index (χ1v) is 7.33. The smallest absolute Gasteiger partial charge is 0.195 e. The second-order valence-electron chi connectivity index (χ2n) is 4.38. The molecular weight excluding hydrogens is 274 g/mol. The third-order valence-corrected chi connectivity index (χ3v) is 4.30. The van der Waals surface area contributed by atoms with Crippen LogP contribution in [0.4, 0.5) is 0 Å². The zero-order valence-corrected chi connectivity index (χ0v) is 12.1. The predicted octanol–water partition coefficient (Wildman–Crippen LogP) is 4.03. The summed E-state index contributed by atoms with van der Waals surface area (Å²) in [6.45, 7) is 2.88. The van der Waals surface area contributed by atoms with Crippen LogP contribution < -0.4 is 0 Å². The second-order valence-corrected chi connectivity index (χ2v) is 5.51. The van der Waals surface area contributed by atoms with E-state index in [1.54, 1.807) is 11.3 Å². The third-order valence-electron chi connectivity index (χ3n) is 3.08. The maximum Gasteiger partial charge on any atom is 0.195 e. The van der Waals surface area contributed by atoms with Crippen molar-refractivity contribution in [1.29, 1.82) is 0 Å². The van der Waals surface area contributed by atoms with Crippen LogP contribution in [0.3, 0.4) is 0 Å². The Bertz CT molecular complexity index is 737. The van der Waals surface area contributed by atoms with Crippen molar-refractivity contribution in [2.24, 2.45) is 0 Å². The monoisotopic (exact) mass is 287 g/mol. The van der Waals surface area contributed by atoms with Gasteiger partial charge in [0.1, 0.15) is 0 Å². The lowest BCUT2D eigenvalue weighted by Gasteiger charge is -2.06. The van der Waals surface area contributed by atoms with Crippen LogP contribution in [-0.2, 0) is 6.54 Å². The summed E-state index contributed by atoms with van der Waals surface area (Å²) in [7, 11) is 0. The Morgan fingerprint density at radius 2 is 2.05 bits per heavy atom. The standard InChI is InChI=1S/C14H13N3S2/c1-10-8-19-9-12(10)7-17-13(15-16-14(17)18)11-5-3-2-4-6-11/h2-6,8-9H,7H2,1H3,(H,16,18). The Balaban J connectivity index is 2.05. The minimum Gasteiger partial charge on any atom is -0.296 e. The van der Waals surface area contributed by atoms with Gasteiger partial charge in [-0.25, -0.2) is 0 Å². The van der Waals surface area contributed by atoms with Crippen molar-refractivity contribution < 1.29 is 0 Å². The number of rotatable bonds is 3. The Labute approximate surface area is 120 Å². The average Bonchev–Trinajstić information content (AvgIpc) is 2.99. The number of aromatic amines is 1. The average molecular weight is 287 g/mol. The van der Waals surface area contributed by atoms with Crippen LogP contribution in [0, 0.1) is 11.7 Å². The molecule has 2 aromatic heterocycles. The number of H-pyrrole nitrogens is 1. The number of thiophene rings is 1. The van der Waals surface area contributed by atoms with Gasteiger partial charge in [0, 0.05) is 5.56 Å². The van der Waals surface area contributed by atoms with E-state index in [-0.39, 0.29) is 0 Å². The van der Waals surface area contributed by atoms with Gasteiger partial charge in [0.15, 0.2) is 10.6 Å². The molecule has 0 saturated carbocycles. The fourth-order valence-corrected chi connectivity index (χ4v) is 3.04. The number of nitrogens with zero attached hydrogens (tertiary/aromatic N) is 2. The molecule has 3 rings (SSSR count). The second kappa shape index (κ2) is 5.11. The van der Waals surface area contributed by atoms with E-state index in [0.29, 0.717) is 4.77 Å². The van der Waals surface area contributed by atoms with Crippen molar-refractivity contribution in [2.45, 2.75) is 13.5 Å². The maximum atomic E-state index is 5.34. The first kappa shape index (κ1) is 12.3. The Hall–Kier alpha value is -1.72. The van der Waals surface area contributed by atoms with Crippen LogP contribution in [0.15, 0.2) is 41.1 Å². The van der Waals surface area contributed by atoms with Gasteiger partial charge in [-0.3, -0.25) is 9.67 Å². The van der Waals surface area contributed by atoms with Crippen molar-refractivity contribution >= 4 is 23.6 Å². The SMILES string of the molecule is Cc1cscc1Cn1c(-c2ccccc2)n[nH]c1=S. The molecule has 0 saturated heterocycles. The summed E-state index contributed by atoms with van der Waals surface area (Å²) >= 11 is 7.06. The molecule has 0 aliphatic heterocycles. The molecule has 1 N–H and O–H groups in total. The highest BCUT2D eigenvalue weighted by Crippen LogP contribution is 2.20. The molecule has 0 radical (unpaired) electrons. The summed E-state index contributed by atoms with van der Waals surface area (Å²) < 4.78 is 2.70. The molecule has 19 heavy (non-hydrogen) atoms. The van der Waals surface area contributed by atoms with Crippen molar-refractivity contribution in [3.63, 3.8) is 0 Å². The molecule has 3 nitrogen and oxygen atoms in total. The molecule has 0 aliphatic rings. The molecule has 1 aromatic carbocycles. The van der Waals surface area contributed by atoms with E-state index in [2.05, 4.69) is 27.9 Å². The van der Waals surface area contributed by atoms with Gasteiger partial charge < -0.3 is 0 Å². The van der Waals surface area contributed by atoms with Gasteiger partial charge in [-0.05, 0) is 41.0 Å². The summed E-state index contributed by atoms with van der Waals surface area (Å²) in [6.07, 6.45) is 0. The number of nitrogens with one attached hydrogen (secondary N) is 1. The molecule has 0 bridgehead atoms. The molecule has 3 aromatic rings. The molecule has 5 heteroatoms. The van der Waals surface area contributed by atoms with E-state index < -0.39 is 0 Å². The van der Waals surface area contributed by atoms with Crippen LogP contribution >= 0.6 is 23.6 Å². The Morgan fingerprint density at radius 3 is 2.74 bits per heavy atom. The highest BCUT2D eigenvalue weighted by molar-refractivity contribution is 7.71. The van der Waals surface area contributed by atoms with Crippen molar-refractivity contribution in [3.8, 4) is 11.4 Å². The lowest BCUT2D eigenvalue weighted by molar-refractivity contribution is 0.789. The minimum atomic E-state index is 0.657. The quantitative estimate of drug-likeness (QED) is 0.738. The van der Waals surface area contributed by atoms with Gasteiger partial charge in [0.2, 0.25) is 0 Å². The molecule has 0 amide bonds. The van der Waals surface area contributed by atoms with Crippen molar-refractivity contribution in [2.75, 3.05) is 0 Å². The lowest BCUT2D eigenvalue weighted by atomic mass is 10.2. The first-order chi connectivity index (χ1) is 9.25. The van der Waals surface area contributed by atoms with Gasteiger partial charge in [0.25, 0.3) is 0 Å². The van der Waals surface area contributed by atoms with Crippen LogP contribution in [0.1, 0.15) is 11.1 Å². The van der Waals surface area contributed by atoms with Crippen LogP contribution in [0.5, 0.6) is 0 Å². The van der Waals surface area contributed by atoms with E-state index in [0.717, 1.165) is 17.9 Å². The Kier molecular flexibility index (Phi) is 3.31. The molecule has 96 valence electrons. The van der Waals surface area contributed by atoms with Crippen LogP contribution in [0.25, 0.3) is 11.4 Å². The maximum absolute atomic E-state index is 5.34. The highest BCUT2D eigenvalue weighted by atomic mass is 32.1. The summed E-state index contributed by atoms with van der Waals surface area (Å²) in [5.74, 6) is 0.885. The summed E-state index contributed by atoms with van der Waals surface area (Å²) in [4.78, 5) is 0. The zero-order valence-electron chi connectivity index (χ0n) is 10.5. The summed E-state index contributed by atoms with van der Waals surface area (Å²) in [5, 5.41) is 11.6. The number of hydrogen-bond donors (Lipinski definition) is 1. The van der Waals surface area contributed by atoms with E-state index >= 15 is 0 Å². The van der Waals surface area contributed by atoms with E-state index in [4.69, 9.17) is 12.2 Å². The molecular formula is C14H13N3S2. The molecule has 2 heterocycles. The van der Waals surface area contributed by atoms with Gasteiger partial charge in [0.05, 0.1) is 6.54 Å². The van der Waals surface area contributed by atoms with Gasteiger partial charge in [-0.2, -0.15) is 16.4 Å². The molecule has 0 atom stereocenters. The van der Waals surface area contributed by atoms with Gasteiger partial charge in [-0.15, -0.1) is 0 Å². The Morgan fingerprint density at radius 1 is 1.26 bits per heavy atom. The number of hydrogen-bond acceptors (Lipinski definition) is 3. The molecule has 0 unspecified atom stereocenters. The largest absolute Gasteiger partial charge is 0.296 e. The first-order valence-electron chi connectivity index (χ1n) is 5.98. The van der Waals surface area contributed by atoms with E-state index in [1.165, 1.54) is 11.1 Å².